The van der Waals surface area contributed by atoms with Gasteiger partial charge in [0.25, 0.3) is 0 Å². The lowest BCUT2D eigenvalue weighted by Gasteiger charge is -2.09. The Morgan fingerprint density at radius 3 is 2.17 bits per heavy atom. The second-order valence-electron chi connectivity index (χ2n) is 4.92. The zero-order valence-electron chi connectivity index (χ0n) is 13.8. The molecule has 2 aromatic rings. The first-order chi connectivity index (χ1) is 11.7. The Morgan fingerprint density at radius 2 is 1.50 bits per heavy atom. The van der Waals surface area contributed by atoms with Crippen molar-refractivity contribution >= 4 is 23.7 Å². The standard InChI is InChI=1S/C19H20O4S/c1-3-22-18(20)15-11-9-14(10-12-15)13-24-17-8-6-5-7-16(17)19(21)23-4-2/h5-12H,3-4,13H2,1-2H3. The minimum Gasteiger partial charge on any atom is -0.462 e. The Kier molecular flexibility index (Phi) is 6.88. The summed E-state index contributed by atoms with van der Waals surface area (Å²) < 4.78 is 10.0. The molecule has 0 aromatic heterocycles. The SMILES string of the molecule is CCOC(=O)c1ccc(CSc2ccccc2C(=O)OCC)cc1. The second-order valence-corrected chi connectivity index (χ2v) is 5.94. The largest absolute Gasteiger partial charge is 0.462 e. The molecule has 0 aliphatic carbocycles. The molecule has 5 heteroatoms. The Hall–Kier alpha value is -2.27. The van der Waals surface area contributed by atoms with E-state index in [1.54, 1.807) is 43.8 Å². The number of hydrogen-bond donors (Lipinski definition) is 0. The highest BCUT2D eigenvalue weighted by molar-refractivity contribution is 7.98. The first-order valence-corrected chi connectivity index (χ1v) is 8.79. The van der Waals surface area contributed by atoms with Gasteiger partial charge in [-0.1, -0.05) is 24.3 Å². The summed E-state index contributed by atoms with van der Waals surface area (Å²) in [5, 5.41) is 0. The van der Waals surface area contributed by atoms with Gasteiger partial charge in [0.2, 0.25) is 0 Å². The van der Waals surface area contributed by atoms with Crippen LogP contribution in [0.15, 0.2) is 53.4 Å². The number of carbonyl (C=O) groups is 2. The predicted octanol–water partition coefficient (Wildman–Crippen LogP) is 4.33. The lowest BCUT2D eigenvalue weighted by Crippen LogP contribution is -2.06. The predicted molar refractivity (Wildman–Crippen MR) is 94.4 cm³/mol. The van der Waals surface area contributed by atoms with E-state index in [1.807, 2.05) is 30.3 Å². The number of carbonyl (C=O) groups excluding carboxylic acids is 2. The molecule has 0 amide bonds. The maximum absolute atomic E-state index is 12.0. The summed E-state index contributed by atoms with van der Waals surface area (Å²) in [5.41, 5.74) is 2.18. The smallest absolute Gasteiger partial charge is 0.339 e. The summed E-state index contributed by atoms with van der Waals surface area (Å²) in [7, 11) is 0. The van der Waals surface area contributed by atoms with E-state index >= 15 is 0 Å². The van der Waals surface area contributed by atoms with Gasteiger partial charge in [-0.3, -0.25) is 0 Å². The monoisotopic (exact) mass is 344 g/mol. The van der Waals surface area contributed by atoms with Crippen LogP contribution in [0.5, 0.6) is 0 Å². The summed E-state index contributed by atoms with van der Waals surface area (Å²) in [4.78, 5) is 24.5. The third kappa shape index (κ3) is 4.86. The van der Waals surface area contributed by atoms with Crippen LogP contribution in [0.3, 0.4) is 0 Å². The Balaban J connectivity index is 2.03. The molecule has 0 saturated carbocycles. The van der Waals surface area contributed by atoms with E-state index in [9.17, 15) is 9.59 Å². The molecule has 0 aliphatic rings. The average molecular weight is 344 g/mol. The molecule has 126 valence electrons. The van der Waals surface area contributed by atoms with Crippen LogP contribution in [-0.4, -0.2) is 25.2 Å². The van der Waals surface area contributed by atoms with Crippen LogP contribution in [0.25, 0.3) is 0 Å². The number of hydrogen-bond acceptors (Lipinski definition) is 5. The molecule has 0 spiro atoms. The fraction of sp³-hybridized carbons (Fsp3) is 0.263. The number of esters is 2. The molecule has 0 radical (unpaired) electrons. The van der Waals surface area contributed by atoms with Gasteiger partial charge in [0.1, 0.15) is 0 Å². The minimum atomic E-state index is -0.315. The van der Waals surface area contributed by atoms with Crippen LogP contribution in [0.4, 0.5) is 0 Å². The van der Waals surface area contributed by atoms with Gasteiger partial charge in [0.05, 0.1) is 24.3 Å². The third-order valence-corrected chi connectivity index (χ3v) is 4.39. The molecule has 0 heterocycles. The zero-order valence-corrected chi connectivity index (χ0v) is 14.6. The fourth-order valence-electron chi connectivity index (χ4n) is 2.08. The van der Waals surface area contributed by atoms with Crippen LogP contribution in [0, 0.1) is 0 Å². The van der Waals surface area contributed by atoms with Gasteiger partial charge in [-0.05, 0) is 43.7 Å². The van der Waals surface area contributed by atoms with E-state index in [2.05, 4.69) is 0 Å². The molecule has 2 rings (SSSR count). The molecule has 0 bridgehead atoms. The van der Waals surface area contributed by atoms with Gasteiger partial charge in [-0.2, -0.15) is 0 Å². The van der Waals surface area contributed by atoms with Gasteiger partial charge >= 0.3 is 11.9 Å². The summed E-state index contributed by atoms with van der Waals surface area (Å²) in [6.45, 7) is 4.29. The van der Waals surface area contributed by atoms with Gasteiger partial charge in [0.15, 0.2) is 0 Å². The summed E-state index contributed by atoms with van der Waals surface area (Å²) in [6, 6.07) is 14.7. The van der Waals surface area contributed by atoms with Gasteiger partial charge in [-0.25, -0.2) is 9.59 Å². The molecule has 2 aromatic carbocycles. The number of benzene rings is 2. The molecular formula is C19H20O4S. The zero-order chi connectivity index (χ0) is 17.4. The second kappa shape index (κ2) is 9.13. The van der Waals surface area contributed by atoms with Crippen molar-refractivity contribution in [3.8, 4) is 0 Å². The van der Waals surface area contributed by atoms with Crippen molar-refractivity contribution in [2.75, 3.05) is 13.2 Å². The maximum Gasteiger partial charge on any atom is 0.339 e. The molecule has 0 aliphatic heterocycles. The van der Waals surface area contributed by atoms with Crippen molar-refractivity contribution in [1.29, 1.82) is 0 Å². The molecule has 0 unspecified atom stereocenters. The highest BCUT2D eigenvalue weighted by Crippen LogP contribution is 2.27. The molecule has 24 heavy (non-hydrogen) atoms. The molecule has 0 saturated heterocycles. The number of thioether (sulfide) groups is 1. The van der Waals surface area contributed by atoms with Crippen molar-refractivity contribution in [3.05, 3.63) is 65.2 Å². The topological polar surface area (TPSA) is 52.6 Å². The first-order valence-electron chi connectivity index (χ1n) is 7.80. The first kappa shape index (κ1) is 18.1. The maximum atomic E-state index is 12.0. The average Bonchev–Trinajstić information content (AvgIpc) is 2.61. The Bertz CT molecular complexity index is 695. The molecule has 4 nitrogen and oxygen atoms in total. The normalized spacial score (nSPS) is 10.2. The summed E-state index contributed by atoms with van der Waals surface area (Å²) in [6.07, 6.45) is 0. The van der Waals surface area contributed by atoms with Crippen LogP contribution in [0.2, 0.25) is 0 Å². The fourth-order valence-corrected chi connectivity index (χ4v) is 3.08. The van der Waals surface area contributed by atoms with E-state index in [4.69, 9.17) is 9.47 Å². The van der Waals surface area contributed by atoms with Crippen LogP contribution in [-0.2, 0) is 15.2 Å². The number of ether oxygens (including phenoxy) is 2. The molecule has 0 fully saturated rings. The third-order valence-electron chi connectivity index (χ3n) is 3.24. The molecule has 0 N–H and O–H groups in total. The van der Waals surface area contributed by atoms with Crippen LogP contribution >= 0.6 is 11.8 Å². The summed E-state index contributed by atoms with van der Waals surface area (Å²) in [5.74, 6) is 0.0714. The molecular weight excluding hydrogens is 324 g/mol. The van der Waals surface area contributed by atoms with Gasteiger partial charge < -0.3 is 9.47 Å². The Morgan fingerprint density at radius 1 is 0.875 bits per heavy atom. The molecule has 0 atom stereocenters. The summed E-state index contributed by atoms with van der Waals surface area (Å²) >= 11 is 1.56. The van der Waals surface area contributed by atoms with Crippen molar-refractivity contribution in [1.82, 2.24) is 0 Å². The minimum absolute atomic E-state index is 0.307. The Labute approximate surface area is 146 Å². The highest BCUT2D eigenvalue weighted by Gasteiger charge is 2.12. The highest BCUT2D eigenvalue weighted by atomic mass is 32.2. The van der Waals surface area contributed by atoms with Crippen molar-refractivity contribution in [2.24, 2.45) is 0 Å². The lowest BCUT2D eigenvalue weighted by atomic mass is 10.1. The number of rotatable bonds is 7. The van der Waals surface area contributed by atoms with E-state index in [0.717, 1.165) is 10.5 Å². The quantitative estimate of drug-likeness (QED) is 0.553. The van der Waals surface area contributed by atoms with E-state index < -0.39 is 0 Å². The van der Waals surface area contributed by atoms with Crippen molar-refractivity contribution in [3.63, 3.8) is 0 Å². The van der Waals surface area contributed by atoms with Crippen molar-refractivity contribution < 1.29 is 19.1 Å². The van der Waals surface area contributed by atoms with Crippen LogP contribution < -0.4 is 0 Å². The van der Waals surface area contributed by atoms with E-state index in [1.165, 1.54) is 0 Å². The van der Waals surface area contributed by atoms with E-state index in [-0.39, 0.29) is 11.9 Å². The lowest BCUT2D eigenvalue weighted by molar-refractivity contribution is 0.0514. The van der Waals surface area contributed by atoms with Crippen LogP contribution in [0.1, 0.15) is 40.1 Å². The van der Waals surface area contributed by atoms with Gasteiger partial charge in [-0.15, -0.1) is 11.8 Å². The van der Waals surface area contributed by atoms with Gasteiger partial charge in [0, 0.05) is 10.6 Å². The van der Waals surface area contributed by atoms with Crippen molar-refractivity contribution in [2.45, 2.75) is 24.5 Å². The van der Waals surface area contributed by atoms with E-state index in [0.29, 0.717) is 30.1 Å².